The Labute approximate surface area is 108 Å². The van der Waals surface area contributed by atoms with Gasteiger partial charge in [0.2, 0.25) is 0 Å². The van der Waals surface area contributed by atoms with E-state index in [-0.39, 0.29) is 5.91 Å². The van der Waals surface area contributed by atoms with Gasteiger partial charge < -0.3 is 5.32 Å². The number of rotatable bonds is 2. The highest BCUT2D eigenvalue weighted by atomic mass is 35.5. The van der Waals surface area contributed by atoms with E-state index in [0.717, 1.165) is 0 Å². The van der Waals surface area contributed by atoms with Crippen LogP contribution in [0.4, 0.5) is 5.82 Å². The van der Waals surface area contributed by atoms with Crippen LogP contribution in [0.25, 0.3) is 0 Å². The zero-order valence-electron chi connectivity index (χ0n) is 8.95. The van der Waals surface area contributed by atoms with Crippen LogP contribution < -0.4 is 5.32 Å². The van der Waals surface area contributed by atoms with E-state index < -0.39 is 0 Å². The first-order valence-corrected chi connectivity index (χ1v) is 5.58. The van der Waals surface area contributed by atoms with Gasteiger partial charge in [-0.2, -0.15) is 5.10 Å². The largest absolute Gasteiger partial charge is 0.307 e. The molecule has 1 amide bonds. The van der Waals surface area contributed by atoms with Crippen molar-refractivity contribution in [3.8, 4) is 0 Å². The van der Waals surface area contributed by atoms with Crippen LogP contribution in [0.3, 0.4) is 0 Å². The lowest BCUT2D eigenvalue weighted by atomic mass is 10.2. The second-order valence-electron chi connectivity index (χ2n) is 3.42. The third-order valence-corrected chi connectivity index (χ3v) is 2.79. The predicted molar refractivity (Wildman–Crippen MR) is 67.6 cm³/mol. The summed E-state index contributed by atoms with van der Waals surface area (Å²) in [6, 6.07) is 6.42. The highest BCUT2D eigenvalue weighted by Gasteiger charge is 2.12. The number of aromatic nitrogens is 2. The molecule has 4 nitrogen and oxygen atoms in total. The van der Waals surface area contributed by atoms with Gasteiger partial charge >= 0.3 is 0 Å². The van der Waals surface area contributed by atoms with E-state index in [0.29, 0.717) is 21.4 Å². The predicted octanol–water partition coefficient (Wildman–Crippen LogP) is 2.98. The van der Waals surface area contributed by atoms with Gasteiger partial charge in [0.25, 0.3) is 5.91 Å². The Morgan fingerprint density at radius 2 is 2.12 bits per heavy atom. The molecule has 0 spiro atoms. The fourth-order valence-electron chi connectivity index (χ4n) is 1.35. The summed E-state index contributed by atoms with van der Waals surface area (Å²) in [5.41, 5.74) is 0.372. The third-order valence-electron chi connectivity index (χ3n) is 2.24. The Kier molecular flexibility index (Phi) is 3.36. The molecule has 0 aliphatic rings. The zero-order valence-corrected chi connectivity index (χ0v) is 10.5. The smallest absolute Gasteiger partial charge is 0.258 e. The Bertz CT molecular complexity index is 566. The minimum atomic E-state index is -0.296. The number of halogens is 2. The molecule has 0 bridgehead atoms. The van der Waals surface area contributed by atoms with Gasteiger partial charge in [-0.25, -0.2) is 0 Å². The summed E-state index contributed by atoms with van der Waals surface area (Å²) in [7, 11) is 1.74. The molecule has 0 aliphatic heterocycles. The molecular formula is C11H9Cl2N3O. The van der Waals surface area contributed by atoms with Crippen LogP contribution in [0.5, 0.6) is 0 Å². The van der Waals surface area contributed by atoms with Crippen molar-refractivity contribution in [2.45, 2.75) is 0 Å². The molecule has 1 heterocycles. The molecule has 0 aliphatic carbocycles. The van der Waals surface area contributed by atoms with Crippen molar-refractivity contribution in [3.05, 3.63) is 46.1 Å². The van der Waals surface area contributed by atoms with Gasteiger partial charge in [0.1, 0.15) is 5.82 Å². The molecule has 1 aromatic heterocycles. The highest BCUT2D eigenvalue weighted by molar-refractivity contribution is 6.37. The molecule has 0 fully saturated rings. The Balaban J connectivity index is 2.23. The lowest BCUT2D eigenvalue weighted by Gasteiger charge is -2.06. The van der Waals surface area contributed by atoms with Crippen molar-refractivity contribution >= 4 is 34.9 Å². The summed E-state index contributed by atoms with van der Waals surface area (Å²) >= 11 is 11.7. The molecule has 17 heavy (non-hydrogen) atoms. The van der Waals surface area contributed by atoms with Gasteiger partial charge in [-0.15, -0.1) is 0 Å². The summed E-state index contributed by atoms with van der Waals surface area (Å²) in [5.74, 6) is 0.302. The van der Waals surface area contributed by atoms with E-state index in [1.54, 1.807) is 36.1 Å². The molecular weight excluding hydrogens is 261 g/mol. The summed E-state index contributed by atoms with van der Waals surface area (Å²) in [6.07, 6.45) is 1.60. The molecule has 0 atom stereocenters. The molecule has 2 rings (SSSR count). The molecule has 2 aromatic rings. The quantitative estimate of drug-likeness (QED) is 0.911. The van der Waals surface area contributed by atoms with E-state index in [1.165, 1.54) is 6.07 Å². The first kappa shape index (κ1) is 12.0. The average molecular weight is 270 g/mol. The molecule has 1 aromatic carbocycles. The Hall–Kier alpha value is -1.52. The molecule has 6 heteroatoms. The van der Waals surface area contributed by atoms with E-state index >= 15 is 0 Å². The summed E-state index contributed by atoms with van der Waals surface area (Å²) in [5, 5.41) is 7.46. The summed E-state index contributed by atoms with van der Waals surface area (Å²) in [6.45, 7) is 0. The number of anilines is 1. The molecule has 0 unspecified atom stereocenters. The standard InChI is InChI=1S/C11H9Cl2N3O/c1-16-10(4-5-14-16)15-11(17)8-3-2-7(12)6-9(8)13/h2-6H,1H3,(H,15,17). The summed E-state index contributed by atoms with van der Waals surface area (Å²) < 4.78 is 1.56. The number of nitrogens with one attached hydrogen (secondary N) is 1. The van der Waals surface area contributed by atoms with Crippen LogP contribution >= 0.6 is 23.2 Å². The van der Waals surface area contributed by atoms with Crippen molar-refractivity contribution in [2.24, 2.45) is 7.05 Å². The minimum absolute atomic E-state index is 0.296. The number of hydrogen-bond donors (Lipinski definition) is 1. The maximum absolute atomic E-state index is 11.9. The van der Waals surface area contributed by atoms with Crippen LogP contribution in [-0.4, -0.2) is 15.7 Å². The van der Waals surface area contributed by atoms with Gasteiger partial charge in [-0.3, -0.25) is 9.48 Å². The second kappa shape index (κ2) is 4.77. The van der Waals surface area contributed by atoms with Gasteiger partial charge in [0, 0.05) is 18.1 Å². The normalized spacial score (nSPS) is 10.3. The van der Waals surface area contributed by atoms with Gasteiger partial charge in [0.05, 0.1) is 16.8 Å². The fourth-order valence-corrected chi connectivity index (χ4v) is 1.85. The van der Waals surface area contributed by atoms with Crippen molar-refractivity contribution in [1.82, 2.24) is 9.78 Å². The van der Waals surface area contributed by atoms with E-state index in [2.05, 4.69) is 10.4 Å². The maximum atomic E-state index is 11.9. The Morgan fingerprint density at radius 1 is 1.35 bits per heavy atom. The third kappa shape index (κ3) is 2.60. The average Bonchev–Trinajstić information content (AvgIpc) is 2.64. The number of nitrogens with zero attached hydrogens (tertiary/aromatic N) is 2. The van der Waals surface area contributed by atoms with Gasteiger partial charge in [0.15, 0.2) is 0 Å². The van der Waals surface area contributed by atoms with Crippen LogP contribution in [0.1, 0.15) is 10.4 Å². The van der Waals surface area contributed by atoms with Crippen LogP contribution in [0.15, 0.2) is 30.5 Å². The number of aryl methyl sites for hydroxylation is 1. The lowest BCUT2D eigenvalue weighted by molar-refractivity contribution is 0.102. The molecule has 88 valence electrons. The van der Waals surface area contributed by atoms with E-state index in [9.17, 15) is 4.79 Å². The summed E-state index contributed by atoms with van der Waals surface area (Å²) in [4.78, 5) is 11.9. The van der Waals surface area contributed by atoms with Crippen molar-refractivity contribution in [3.63, 3.8) is 0 Å². The fraction of sp³-hybridized carbons (Fsp3) is 0.0909. The lowest BCUT2D eigenvalue weighted by Crippen LogP contribution is -2.14. The zero-order chi connectivity index (χ0) is 12.4. The maximum Gasteiger partial charge on any atom is 0.258 e. The minimum Gasteiger partial charge on any atom is -0.307 e. The van der Waals surface area contributed by atoms with Gasteiger partial charge in [-0.05, 0) is 18.2 Å². The monoisotopic (exact) mass is 269 g/mol. The molecule has 0 saturated carbocycles. The number of carbonyl (C=O) groups excluding carboxylic acids is 1. The highest BCUT2D eigenvalue weighted by Crippen LogP contribution is 2.21. The van der Waals surface area contributed by atoms with Crippen LogP contribution in [-0.2, 0) is 7.05 Å². The second-order valence-corrected chi connectivity index (χ2v) is 4.26. The van der Waals surface area contributed by atoms with Crippen molar-refractivity contribution in [2.75, 3.05) is 5.32 Å². The number of hydrogen-bond acceptors (Lipinski definition) is 2. The molecule has 1 N–H and O–H groups in total. The van der Waals surface area contributed by atoms with Gasteiger partial charge in [-0.1, -0.05) is 23.2 Å². The number of carbonyl (C=O) groups is 1. The first-order valence-electron chi connectivity index (χ1n) is 4.82. The van der Waals surface area contributed by atoms with E-state index in [4.69, 9.17) is 23.2 Å². The van der Waals surface area contributed by atoms with E-state index in [1.807, 2.05) is 0 Å². The van der Waals surface area contributed by atoms with Crippen molar-refractivity contribution in [1.29, 1.82) is 0 Å². The molecule has 0 saturated heterocycles. The van der Waals surface area contributed by atoms with Crippen LogP contribution in [0, 0.1) is 0 Å². The molecule has 0 radical (unpaired) electrons. The number of benzene rings is 1. The first-order chi connectivity index (χ1) is 8.08. The number of amides is 1. The van der Waals surface area contributed by atoms with Crippen LogP contribution in [0.2, 0.25) is 10.0 Å². The van der Waals surface area contributed by atoms with Crippen molar-refractivity contribution < 1.29 is 4.79 Å². The Morgan fingerprint density at radius 3 is 2.71 bits per heavy atom. The topological polar surface area (TPSA) is 46.9 Å². The SMILES string of the molecule is Cn1nccc1NC(=O)c1ccc(Cl)cc1Cl.